The van der Waals surface area contributed by atoms with Gasteiger partial charge in [0.05, 0.1) is 0 Å². The third-order valence-corrected chi connectivity index (χ3v) is 5.04. The van der Waals surface area contributed by atoms with E-state index in [-0.39, 0.29) is 0 Å². The second-order valence-corrected chi connectivity index (χ2v) is 6.21. The Morgan fingerprint density at radius 3 is 2.67 bits per heavy atom. The average molecular weight is 240 g/mol. The SMILES string of the molecule is C[B]c1cc(C)ccc1CCC1(C2CNC2)CC1. The van der Waals surface area contributed by atoms with Gasteiger partial charge in [0.1, 0.15) is 7.28 Å². The first-order chi connectivity index (χ1) is 8.73. The highest BCUT2D eigenvalue weighted by Gasteiger charge is 2.50. The Labute approximate surface area is 112 Å². The maximum Gasteiger partial charge on any atom is 0.148 e. The van der Waals surface area contributed by atoms with Crippen molar-refractivity contribution in [2.75, 3.05) is 13.1 Å². The fourth-order valence-corrected chi connectivity index (χ4v) is 3.34. The van der Waals surface area contributed by atoms with Crippen LogP contribution >= 0.6 is 0 Å². The highest BCUT2D eigenvalue weighted by Crippen LogP contribution is 2.56. The highest BCUT2D eigenvalue weighted by atomic mass is 15.0. The predicted molar refractivity (Wildman–Crippen MR) is 78.8 cm³/mol. The van der Waals surface area contributed by atoms with Crippen molar-refractivity contribution in [3.8, 4) is 0 Å². The lowest BCUT2D eigenvalue weighted by Gasteiger charge is -2.35. The molecule has 1 N–H and O–H groups in total. The van der Waals surface area contributed by atoms with Crippen molar-refractivity contribution >= 4 is 12.7 Å². The van der Waals surface area contributed by atoms with Crippen molar-refractivity contribution in [3.05, 3.63) is 29.3 Å². The summed E-state index contributed by atoms with van der Waals surface area (Å²) in [5.41, 5.74) is 5.07. The summed E-state index contributed by atoms with van der Waals surface area (Å²) in [4.78, 5) is 0. The summed E-state index contributed by atoms with van der Waals surface area (Å²) in [6.45, 7) is 6.86. The number of benzene rings is 1. The lowest BCUT2D eigenvalue weighted by Crippen LogP contribution is -2.47. The Hall–Kier alpha value is -0.755. The molecule has 1 radical (unpaired) electrons. The number of hydrogen-bond donors (Lipinski definition) is 1. The molecule has 1 nitrogen and oxygen atoms in total. The third kappa shape index (κ3) is 2.23. The van der Waals surface area contributed by atoms with Gasteiger partial charge in [-0.1, -0.05) is 41.6 Å². The molecule has 2 heteroatoms. The molecule has 0 aromatic heterocycles. The molecule has 0 bridgehead atoms. The van der Waals surface area contributed by atoms with Crippen molar-refractivity contribution in [3.63, 3.8) is 0 Å². The minimum Gasteiger partial charge on any atom is -0.316 e. The van der Waals surface area contributed by atoms with E-state index in [1.165, 1.54) is 49.8 Å². The number of hydrogen-bond acceptors (Lipinski definition) is 1. The molecular formula is C16H23BN. The van der Waals surface area contributed by atoms with Crippen LogP contribution in [-0.2, 0) is 6.42 Å². The fourth-order valence-electron chi connectivity index (χ4n) is 3.34. The van der Waals surface area contributed by atoms with Gasteiger partial charge in [0.25, 0.3) is 0 Å². The number of rotatable bonds is 5. The van der Waals surface area contributed by atoms with Crippen molar-refractivity contribution in [1.29, 1.82) is 0 Å². The van der Waals surface area contributed by atoms with E-state index in [0.29, 0.717) is 5.41 Å². The van der Waals surface area contributed by atoms with Gasteiger partial charge < -0.3 is 5.32 Å². The normalized spacial score (nSPS) is 21.4. The van der Waals surface area contributed by atoms with Gasteiger partial charge in [-0.3, -0.25) is 0 Å². The van der Waals surface area contributed by atoms with Crippen LogP contribution in [0.5, 0.6) is 0 Å². The number of nitrogens with one attached hydrogen (secondary N) is 1. The van der Waals surface area contributed by atoms with Gasteiger partial charge in [-0.25, -0.2) is 0 Å². The van der Waals surface area contributed by atoms with Crippen LogP contribution in [0.3, 0.4) is 0 Å². The van der Waals surface area contributed by atoms with Crippen LogP contribution in [0.15, 0.2) is 18.2 Å². The summed E-state index contributed by atoms with van der Waals surface area (Å²) in [6, 6.07) is 6.91. The summed E-state index contributed by atoms with van der Waals surface area (Å²) < 4.78 is 0. The van der Waals surface area contributed by atoms with Crippen molar-refractivity contribution in [2.45, 2.75) is 39.4 Å². The van der Waals surface area contributed by atoms with Gasteiger partial charge in [-0.05, 0) is 57.0 Å². The van der Waals surface area contributed by atoms with Crippen LogP contribution in [0, 0.1) is 18.3 Å². The number of aryl methyl sites for hydroxylation is 2. The summed E-state index contributed by atoms with van der Waals surface area (Å²) in [5.74, 6) is 0.969. The molecule has 1 aromatic rings. The maximum absolute atomic E-state index is 3.43. The van der Waals surface area contributed by atoms with Crippen molar-refractivity contribution < 1.29 is 0 Å². The predicted octanol–water partition coefficient (Wildman–Crippen LogP) is 2.30. The zero-order valence-electron chi connectivity index (χ0n) is 11.6. The molecular weight excluding hydrogens is 217 g/mol. The van der Waals surface area contributed by atoms with E-state index in [4.69, 9.17) is 0 Å². The van der Waals surface area contributed by atoms with Gasteiger partial charge in [0.2, 0.25) is 0 Å². The molecule has 95 valence electrons. The molecule has 0 spiro atoms. The zero-order valence-corrected chi connectivity index (χ0v) is 11.6. The first kappa shape index (κ1) is 12.3. The van der Waals surface area contributed by atoms with E-state index in [1.54, 1.807) is 5.56 Å². The lowest BCUT2D eigenvalue weighted by molar-refractivity contribution is 0.201. The van der Waals surface area contributed by atoms with E-state index in [0.717, 1.165) is 5.92 Å². The monoisotopic (exact) mass is 240 g/mol. The molecule has 1 aromatic carbocycles. The Kier molecular flexibility index (Phi) is 3.23. The van der Waals surface area contributed by atoms with E-state index >= 15 is 0 Å². The molecule has 1 saturated carbocycles. The van der Waals surface area contributed by atoms with Gasteiger partial charge in [0.15, 0.2) is 0 Å². The van der Waals surface area contributed by atoms with Crippen molar-refractivity contribution in [2.24, 2.45) is 11.3 Å². The Morgan fingerprint density at radius 2 is 2.11 bits per heavy atom. The molecule has 18 heavy (non-hydrogen) atoms. The summed E-state index contributed by atoms with van der Waals surface area (Å²) in [7, 11) is 2.26. The quantitative estimate of drug-likeness (QED) is 0.779. The lowest BCUT2D eigenvalue weighted by atomic mass is 9.69. The van der Waals surface area contributed by atoms with E-state index in [1.807, 2.05) is 0 Å². The molecule has 3 rings (SSSR count). The Balaban J connectivity index is 1.66. The molecule has 0 atom stereocenters. The van der Waals surface area contributed by atoms with E-state index in [9.17, 15) is 0 Å². The molecule has 0 unspecified atom stereocenters. The molecule has 2 aliphatic rings. The van der Waals surface area contributed by atoms with Crippen molar-refractivity contribution in [1.82, 2.24) is 5.32 Å². The maximum atomic E-state index is 3.43. The summed E-state index contributed by atoms with van der Waals surface area (Å²) in [6.07, 6.45) is 5.59. The molecule has 1 aliphatic heterocycles. The fraction of sp³-hybridized carbons (Fsp3) is 0.625. The van der Waals surface area contributed by atoms with E-state index < -0.39 is 0 Å². The van der Waals surface area contributed by atoms with E-state index in [2.05, 4.69) is 44.5 Å². The second-order valence-electron chi connectivity index (χ2n) is 6.21. The summed E-state index contributed by atoms with van der Waals surface area (Å²) in [5, 5.41) is 3.43. The van der Waals surface area contributed by atoms with Crippen LogP contribution < -0.4 is 10.8 Å². The van der Waals surface area contributed by atoms with Gasteiger partial charge in [0, 0.05) is 0 Å². The topological polar surface area (TPSA) is 12.0 Å². The molecule has 1 heterocycles. The van der Waals surface area contributed by atoms with Crippen LogP contribution in [0.1, 0.15) is 30.4 Å². The van der Waals surface area contributed by atoms with Gasteiger partial charge in [-0.15, -0.1) is 0 Å². The van der Waals surface area contributed by atoms with Gasteiger partial charge >= 0.3 is 0 Å². The Morgan fingerprint density at radius 1 is 1.33 bits per heavy atom. The zero-order chi connectivity index (χ0) is 12.6. The smallest absolute Gasteiger partial charge is 0.148 e. The third-order valence-electron chi connectivity index (χ3n) is 5.04. The summed E-state index contributed by atoms with van der Waals surface area (Å²) >= 11 is 0. The van der Waals surface area contributed by atoms with Crippen LogP contribution in [-0.4, -0.2) is 20.4 Å². The minimum atomic E-state index is 0.709. The first-order valence-electron chi connectivity index (χ1n) is 7.33. The largest absolute Gasteiger partial charge is 0.316 e. The average Bonchev–Trinajstić information content (AvgIpc) is 3.06. The second kappa shape index (κ2) is 4.73. The van der Waals surface area contributed by atoms with Gasteiger partial charge in [-0.2, -0.15) is 0 Å². The van der Waals surface area contributed by atoms with Crippen LogP contribution in [0.25, 0.3) is 0 Å². The standard InChI is InChI=1S/C16H23BN/c1-12-3-4-13(15(9-12)17-2)5-6-16(7-8-16)14-10-18-11-14/h3-4,9,14,18H,5-8,10-11H2,1-2H3. The molecule has 0 amide bonds. The van der Waals surface area contributed by atoms with Crippen LogP contribution in [0.4, 0.5) is 0 Å². The Bertz CT molecular complexity index is 433. The minimum absolute atomic E-state index is 0.709. The highest BCUT2D eigenvalue weighted by molar-refractivity contribution is 6.52. The molecule has 1 aliphatic carbocycles. The molecule has 1 saturated heterocycles. The van der Waals surface area contributed by atoms with Crippen LogP contribution in [0.2, 0.25) is 6.82 Å². The molecule has 2 fully saturated rings. The first-order valence-corrected chi connectivity index (χ1v) is 7.33.